The summed E-state index contributed by atoms with van der Waals surface area (Å²) in [5.74, 6) is 0.641. The monoisotopic (exact) mass is 474 g/mol. The Hall–Kier alpha value is -2.68. The van der Waals surface area contributed by atoms with Crippen LogP contribution in [0.2, 0.25) is 0 Å². The van der Waals surface area contributed by atoms with E-state index in [-0.39, 0.29) is 30.1 Å². The predicted octanol–water partition coefficient (Wildman–Crippen LogP) is 4.74. The molecule has 1 aliphatic heterocycles. The largest absolute Gasteiger partial charge is 0.481 e. The van der Waals surface area contributed by atoms with Gasteiger partial charge >= 0.3 is 11.9 Å². The first-order valence-electron chi connectivity index (χ1n) is 11.5. The summed E-state index contributed by atoms with van der Waals surface area (Å²) in [5, 5.41) is 20.0. The van der Waals surface area contributed by atoms with Gasteiger partial charge in [-0.05, 0) is 68.2 Å². The molecule has 1 aromatic carbocycles. The smallest absolute Gasteiger partial charge is 0.355 e. The maximum atomic E-state index is 12.4. The number of aryl methyl sites for hydroxylation is 2. The van der Waals surface area contributed by atoms with Gasteiger partial charge in [0.25, 0.3) is 0 Å². The Morgan fingerprint density at radius 3 is 2.48 bits per heavy atom. The predicted molar refractivity (Wildman–Crippen MR) is 123 cm³/mol. The molecule has 2 aliphatic rings. The summed E-state index contributed by atoms with van der Waals surface area (Å²) in [6, 6.07) is 3.86. The quantitative estimate of drug-likeness (QED) is 0.536. The number of carbonyl (C=O) groups is 2. The fourth-order valence-electron chi connectivity index (χ4n) is 4.63. The summed E-state index contributed by atoms with van der Waals surface area (Å²) < 4.78 is 12.8. The van der Waals surface area contributed by atoms with E-state index < -0.39 is 11.9 Å². The van der Waals surface area contributed by atoms with Gasteiger partial charge in [-0.25, -0.2) is 9.78 Å². The number of rotatable bonds is 9. The van der Waals surface area contributed by atoms with Crippen molar-refractivity contribution in [1.82, 2.24) is 9.55 Å². The van der Waals surface area contributed by atoms with Crippen LogP contribution < -0.4 is 9.47 Å². The number of aromatic nitrogens is 2. The van der Waals surface area contributed by atoms with Gasteiger partial charge in [-0.2, -0.15) is 0 Å². The molecule has 1 saturated carbocycles. The van der Waals surface area contributed by atoms with E-state index in [9.17, 15) is 14.7 Å². The van der Waals surface area contributed by atoms with Gasteiger partial charge in [-0.1, -0.05) is 6.92 Å². The van der Waals surface area contributed by atoms with E-state index in [4.69, 9.17) is 19.6 Å². The SMILES string of the molecule is CCCc1nc(SC2CCC(CC(=O)O)CC2)c(C(=O)O)n1Cc1cc2c(cc1C)OCO2. The van der Waals surface area contributed by atoms with E-state index in [1.165, 1.54) is 11.8 Å². The molecule has 33 heavy (non-hydrogen) atoms. The van der Waals surface area contributed by atoms with Gasteiger partial charge in [-0.3, -0.25) is 4.79 Å². The molecule has 1 fully saturated rings. The molecule has 0 unspecified atom stereocenters. The molecule has 178 valence electrons. The summed E-state index contributed by atoms with van der Waals surface area (Å²) in [6.07, 6.45) is 5.21. The molecule has 2 heterocycles. The molecule has 2 aromatic rings. The van der Waals surface area contributed by atoms with Crippen LogP contribution in [0.5, 0.6) is 11.5 Å². The number of thioether (sulfide) groups is 1. The fourth-order valence-corrected chi connectivity index (χ4v) is 5.92. The second-order valence-corrected chi connectivity index (χ2v) is 10.1. The number of imidazole rings is 1. The van der Waals surface area contributed by atoms with Crippen molar-refractivity contribution in [3.05, 3.63) is 34.8 Å². The summed E-state index contributed by atoms with van der Waals surface area (Å²) in [5.41, 5.74) is 2.22. The number of aromatic carboxylic acids is 1. The zero-order valence-electron chi connectivity index (χ0n) is 19.0. The van der Waals surface area contributed by atoms with E-state index in [1.54, 1.807) is 0 Å². The molecule has 4 rings (SSSR count). The number of nitrogens with zero attached hydrogens (tertiary/aromatic N) is 2. The van der Waals surface area contributed by atoms with Crippen molar-refractivity contribution >= 4 is 23.7 Å². The molecule has 2 N–H and O–H groups in total. The number of aliphatic carboxylic acids is 1. The number of carboxylic acid groups (broad SMARTS) is 2. The van der Waals surface area contributed by atoms with E-state index in [0.29, 0.717) is 29.5 Å². The number of benzene rings is 1. The van der Waals surface area contributed by atoms with Gasteiger partial charge in [0.05, 0.1) is 6.54 Å². The summed E-state index contributed by atoms with van der Waals surface area (Å²) >= 11 is 1.53. The minimum atomic E-state index is -0.981. The third-order valence-corrected chi connectivity index (χ3v) is 7.70. The van der Waals surface area contributed by atoms with Crippen LogP contribution in [0.3, 0.4) is 0 Å². The standard InChI is InChI=1S/C24H30N2O6S/c1-3-4-20-25-23(33-17-7-5-15(6-8-17)10-21(27)28)22(24(29)30)26(20)12-16-11-19-18(9-14(16)2)31-13-32-19/h9,11,15,17H,3-8,10,12-13H2,1-2H3,(H,27,28)(H,29,30). The van der Waals surface area contributed by atoms with Crippen molar-refractivity contribution < 1.29 is 29.3 Å². The third kappa shape index (κ3) is 5.29. The van der Waals surface area contributed by atoms with Crippen LogP contribution in [0.25, 0.3) is 0 Å². The summed E-state index contributed by atoms with van der Waals surface area (Å²) in [4.78, 5) is 28.1. The van der Waals surface area contributed by atoms with Crippen LogP contribution in [0.1, 0.15) is 72.9 Å². The van der Waals surface area contributed by atoms with Crippen molar-refractivity contribution in [3.63, 3.8) is 0 Å². The molecule has 1 aromatic heterocycles. The molecule has 0 spiro atoms. The van der Waals surface area contributed by atoms with E-state index in [0.717, 1.165) is 49.1 Å². The molecular formula is C24H30N2O6S. The molecule has 0 saturated heterocycles. The Bertz CT molecular complexity index is 1040. The van der Waals surface area contributed by atoms with Crippen LogP contribution >= 0.6 is 11.8 Å². The minimum absolute atomic E-state index is 0.195. The van der Waals surface area contributed by atoms with Crippen molar-refractivity contribution in [2.75, 3.05) is 6.79 Å². The van der Waals surface area contributed by atoms with Gasteiger partial charge in [0.1, 0.15) is 10.9 Å². The topological polar surface area (TPSA) is 111 Å². The first-order valence-corrected chi connectivity index (χ1v) is 12.3. The number of hydrogen-bond donors (Lipinski definition) is 2. The minimum Gasteiger partial charge on any atom is -0.481 e. The lowest BCUT2D eigenvalue weighted by molar-refractivity contribution is -0.138. The lowest BCUT2D eigenvalue weighted by Gasteiger charge is -2.26. The van der Waals surface area contributed by atoms with Crippen molar-refractivity contribution in [1.29, 1.82) is 0 Å². The number of carboxylic acids is 2. The third-order valence-electron chi connectivity index (χ3n) is 6.39. The molecule has 0 bridgehead atoms. The molecule has 0 radical (unpaired) electrons. The first kappa shape index (κ1) is 23.5. The van der Waals surface area contributed by atoms with Gasteiger partial charge in [-0.15, -0.1) is 11.8 Å². The Kier molecular flexibility index (Phi) is 7.17. The zero-order chi connectivity index (χ0) is 23.5. The Labute approximate surface area is 197 Å². The van der Waals surface area contributed by atoms with E-state index >= 15 is 0 Å². The van der Waals surface area contributed by atoms with Crippen LogP contribution in [-0.4, -0.2) is 43.7 Å². The van der Waals surface area contributed by atoms with Gasteiger partial charge in [0.15, 0.2) is 17.2 Å². The Morgan fingerprint density at radius 2 is 1.85 bits per heavy atom. The van der Waals surface area contributed by atoms with Gasteiger partial charge in [0.2, 0.25) is 6.79 Å². The van der Waals surface area contributed by atoms with E-state index in [2.05, 4.69) is 6.92 Å². The lowest BCUT2D eigenvalue weighted by Crippen LogP contribution is -2.19. The maximum Gasteiger partial charge on any atom is 0.355 e. The average Bonchev–Trinajstić information content (AvgIpc) is 3.34. The highest BCUT2D eigenvalue weighted by Crippen LogP contribution is 2.39. The number of hydrogen-bond acceptors (Lipinski definition) is 6. The second-order valence-electron chi connectivity index (χ2n) is 8.81. The van der Waals surface area contributed by atoms with Gasteiger partial charge in [0, 0.05) is 18.1 Å². The molecular weight excluding hydrogens is 444 g/mol. The van der Waals surface area contributed by atoms with Crippen molar-refractivity contribution in [2.24, 2.45) is 5.92 Å². The molecule has 9 heteroatoms. The molecule has 0 amide bonds. The zero-order valence-corrected chi connectivity index (χ0v) is 19.8. The Balaban J connectivity index is 1.59. The van der Waals surface area contributed by atoms with Crippen LogP contribution in [0.4, 0.5) is 0 Å². The second kappa shape index (κ2) is 10.1. The number of ether oxygens (including phenoxy) is 2. The van der Waals surface area contributed by atoms with Crippen molar-refractivity contribution in [2.45, 2.75) is 75.6 Å². The molecule has 0 atom stereocenters. The molecule has 8 nitrogen and oxygen atoms in total. The first-order chi connectivity index (χ1) is 15.9. The highest BCUT2D eigenvalue weighted by molar-refractivity contribution is 7.99. The van der Waals surface area contributed by atoms with E-state index in [1.807, 2.05) is 23.6 Å². The van der Waals surface area contributed by atoms with Crippen molar-refractivity contribution in [3.8, 4) is 11.5 Å². The normalized spacial score (nSPS) is 19.6. The molecule has 1 aliphatic carbocycles. The highest BCUT2D eigenvalue weighted by atomic mass is 32.2. The highest BCUT2D eigenvalue weighted by Gasteiger charge is 2.29. The summed E-state index contributed by atoms with van der Waals surface area (Å²) in [6.45, 7) is 4.64. The maximum absolute atomic E-state index is 12.4. The van der Waals surface area contributed by atoms with Crippen LogP contribution in [0.15, 0.2) is 17.2 Å². The van der Waals surface area contributed by atoms with Crippen LogP contribution in [0, 0.1) is 12.8 Å². The number of fused-ring (bicyclic) bond motifs is 1. The Morgan fingerprint density at radius 1 is 1.15 bits per heavy atom. The summed E-state index contributed by atoms with van der Waals surface area (Å²) in [7, 11) is 0. The fraction of sp³-hybridized carbons (Fsp3) is 0.542. The average molecular weight is 475 g/mol. The van der Waals surface area contributed by atoms with Crippen LogP contribution in [-0.2, 0) is 17.8 Å². The lowest BCUT2D eigenvalue weighted by atomic mass is 9.87. The van der Waals surface area contributed by atoms with Gasteiger partial charge < -0.3 is 24.3 Å².